The second kappa shape index (κ2) is 6.71. The van der Waals surface area contributed by atoms with Crippen molar-refractivity contribution in [1.82, 2.24) is 9.78 Å². The van der Waals surface area contributed by atoms with Crippen molar-refractivity contribution in [2.75, 3.05) is 10.5 Å². The fraction of sp³-hybridized carbons (Fsp3) is 0.357. The number of nitrogens with zero attached hydrogens (tertiary/aromatic N) is 2. The Labute approximate surface area is 123 Å². The van der Waals surface area contributed by atoms with Gasteiger partial charge in [-0.15, -0.1) is 0 Å². The third-order valence-corrected chi connectivity index (χ3v) is 4.25. The number of unbranched alkanes of at least 4 members (excludes halogenated alkanes) is 1. The summed E-state index contributed by atoms with van der Waals surface area (Å²) >= 11 is 0. The minimum atomic E-state index is -3.35. The van der Waals surface area contributed by atoms with E-state index in [2.05, 4.69) is 9.82 Å². The van der Waals surface area contributed by atoms with Gasteiger partial charge in [-0.1, -0.05) is 25.5 Å². The third-order valence-electron chi connectivity index (χ3n) is 2.90. The molecule has 0 aliphatic rings. The molecule has 0 fully saturated rings. The lowest BCUT2D eigenvalue weighted by Crippen LogP contribution is -2.17. The molecule has 0 aliphatic heterocycles. The van der Waals surface area contributed by atoms with Crippen LogP contribution in [0.4, 0.5) is 10.2 Å². The van der Waals surface area contributed by atoms with Crippen LogP contribution >= 0.6 is 0 Å². The summed E-state index contributed by atoms with van der Waals surface area (Å²) in [5.41, 5.74) is 0.762. The molecule has 114 valence electrons. The Morgan fingerprint density at radius 2 is 2.14 bits per heavy atom. The zero-order chi connectivity index (χ0) is 15.3. The number of nitrogens with one attached hydrogen (secondary N) is 1. The van der Waals surface area contributed by atoms with E-state index >= 15 is 0 Å². The molecule has 2 rings (SSSR count). The highest BCUT2D eigenvalue weighted by Crippen LogP contribution is 2.10. The second-order valence-electron chi connectivity index (χ2n) is 4.80. The van der Waals surface area contributed by atoms with E-state index in [1.807, 2.05) is 6.92 Å². The number of aromatic nitrogens is 2. The van der Waals surface area contributed by atoms with Gasteiger partial charge in [-0.2, -0.15) is 5.10 Å². The average molecular weight is 311 g/mol. The van der Waals surface area contributed by atoms with Gasteiger partial charge in [0.25, 0.3) is 0 Å². The van der Waals surface area contributed by atoms with Gasteiger partial charge >= 0.3 is 0 Å². The van der Waals surface area contributed by atoms with Crippen LogP contribution in [0.2, 0.25) is 0 Å². The molecule has 0 radical (unpaired) electrons. The first-order valence-corrected chi connectivity index (χ1v) is 8.42. The number of hydrogen-bond acceptors (Lipinski definition) is 3. The van der Waals surface area contributed by atoms with Crippen LogP contribution in [-0.2, 0) is 16.6 Å². The van der Waals surface area contributed by atoms with Gasteiger partial charge in [0.15, 0.2) is 5.82 Å². The maximum Gasteiger partial charge on any atom is 0.233 e. The van der Waals surface area contributed by atoms with Crippen molar-refractivity contribution < 1.29 is 12.8 Å². The fourth-order valence-corrected chi connectivity index (χ4v) is 3.07. The maximum absolute atomic E-state index is 13.1. The van der Waals surface area contributed by atoms with Crippen LogP contribution in [0.25, 0.3) is 0 Å². The zero-order valence-electron chi connectivity index (χ0n) is 11.8. The minimum absolute atomic E-state index is 0.0836. The lowest BCUT2D eigenvalue weighted by atomic mass is 10.2. The Hall–Kier alpha value is -1.89. The van der Waals surface area contributed by atoms with E-state index in [-0.39, 0.29) is 17.4 Å². The number of hydrogen-bond donors (Lipinski definition) is 1. The molecular formula is C14H18FN3O2S. The summed E-state index contributed by atoms with van der Waals surface area (Å²) in [6, 6.07) is 7.80. The van der Waals surface area contributed by atoms with Crippen molar-refractivity contribution in [3.8, 4) is 0 Å². The van der Waals surface area contributed by atoms with Crippen LogP contribution in [0, 0.1) is 5.82 Å². The standard InChI is InChI=1S/C14H18FN3O2S/c1-2-3-9-21(19,20)17-14-7-8-18(16-14)11-12-5-4-6-13(15)10-12/h4-8,10H,2-3,9,11H2,1H3,(H,16,17). The molecule has 1 heterocycles. The first kappa shape index (κ1) is 15.5. The number of rotatable bonds is 7. The topological polar surface area (TPSA) is 64.0 Å². The molecule has 0 unspecified atom stereocenters. The van der Waals surface area contributed by atoms with E-state index in [0.717, 1.165) is 12.0 Å². The largest absolute Gasteiger partial charge is 0.266 e. The van der Waals surface area contributed by atoms with E-state index in [1.165, 1.54) is 12.1 Å². The molecule has 2 aromatic rings. The Morgan fingerprint density at radius 1 is 1.33 bits per heavy atom. The summed E-state index contributed by atoms with van der Waals surface area (Å²) in [6.45, 7) is 2.32. The van der Waals surface area contributed by atoms with Gasteiger partial charge in [-0.25, -0.2) is 12.8 Å². The summed E-state index contributed by atoms with van der Waals surface area (Å²) in [4.78, 5) is 0. The molecule has 1 N–H and O–H groups in total. The molecule has 7 heteroatoms. The normalized spacial score (nSPS) is 11.5. The lowest BCUT2D eigenvalue weighted by Gasteiger charge is -2.05. The van der Waals surface area contributed by atoms with Gasteiger partial charge in [0.05, 0.1) is 12.3 Å². The van der Waals surface area contributed by atoms with Crippen LogP contribution in [0.5, 0.6) is 0 Å². The summed E-state index contributed by atoms with van der Waals surface area (Å²) in [5.74, 6) is 0.0583. The number of benzene rings is 1. The highest BCUT2D eigenvalue weighted by atomic mass is 32.2. The Bertz CT molecular complexity index is 698. The van der Waals surface area contributed by atoms with Gasteiger partial charge in [-0.3, -0.25) is 9.40 Å². The van der Waals surface area contributed by atoms with Crippen molar-refractivity contribution in [3.05, 3.63) is 47.9 Å². The van der Waals surface area contributed by atoms with Crippen LogP contribution in [0.1, 0.15) is 25.3 Å². The first-order chi connectivity index (χ1) is 9.98. The van der Waals surface area contributed by atoms with Crippen molar-refractivity contribution >= 4 is 15.8 Å². The quantitative estimate of drug-likeness (QED) is 0.855. The van der Waals surface area contributed by atoms with Gasteiger partial charge in [-0.05, 0) is 24.1 Å². The van der Waals surface area contributed by atoms with Crippen LogP contribution < -0.4 is 4.72 Å². The average Bonchev–Trinajstić information content (AvgIpc) is 2.83. The number of sulfonamides is 1. The smallest absolute Gasteiger partial charge is 0.233 e. The van der Waals surface area contributed by atoms with Crippen molar-refractivity contribution in [1.29, 1.82) is 0 Å². The predicted molar refractivity (Wildman–Crippen MR) is 80.0 cm³/mol. The van der Waals surface area contributed by atoms with Crippen LogP contribution in [0.3, 0.4) is 0 Å². The molecule has 21 heavy (non-hydrogen) atoms. The monoisotopic (exact) mass is 311 g/mol. The van der Waals surface area contributed by atoms with E-state index in [1.54, 1.807) is 29.1 Å². The predicted octanol–water partition coefficient (Wildman–Crippen LogP) is 2.61. The molecule has 0 amide bonds. The van der Waals surface area contributed by atoms with Crippen LogP contribution in [-0.4, -0.2) is 24.0 Å². The Morgan fingerprint density at radius 3 is 2.86 bits per heavy atom. The van der Waals surface area contributed by atoms with E-state index < -0.39 is 10.0 Å². The Kier molecular flexibility index (Phi) is 4.95. The molecule has 0 spiro atoms. The Balaban J connectivity index is 2.01. The molecule has 0 aliphatic carbocycles. The number of anilines is 1. The van der Waals surface area contributed by atoms with Gasteiger partial charge in [0.1, 0.15) is 5.82 Å². The second-order valence-corrected chi connectivity index (χ2v) is 6.64. The SMILES string of the molecule is CCCCS(=O)(=O)Nc1ccn(Cc2cccc(F)c2)n1. The van der Waals surface area contributed by atoms with Crippen molar-refractivity contribution in [2.24, 2.45) is 0 Å². The molecule has 0 atom stereocenters. The molecular weight excluding hydrogens is 293 g/mol. The lowest BCUT2D eigenvalue weighted by molar-refractivity contribution is 0.597. The maximum atomic E-state index is 13.1. The van der Waals surface area contributed by atoms with Crippen molar-refractivity contribution in [2.45, 2.75) is 26.3 Å². The molecule has 0 saturated carbocycles. The highest BCUT2D eigenvalue weighted by molar-refractivity contribution is 7.92. The summed E-state index contributed by atoms with van der Waals surface area (Å²) in [6.07, 6.45) is 3.08. The minimum Gasteiger partial charge on any atom is -0.266 e. The molecule has 5 nitrogen and oxygen atoms in total. The molecule has 1 aromatic heterocycles. The fourth-order valence-electron chi connectivity index (χ4n) is 1.87. The summed E-state index contributed by atoms with van der Waals surface area (Å²) in [5, 5.41) is 4.13. The summed E-state index contributed by atoms with van der Waals surface area (Å²) in [7, 11) is -3.35. The third kappa shape index (κ3) is 4.86. The van der Waals surface area contributed by atoms with E-state index in [9.17, 15) is 12.8 Å². The zero-order valence-corrected chi connectivity index (χ0v) is 12.6. The highest BCUT2D eigenvalue weighted by Gasteiger charge is 2.11. The molecule has 0 saturated heterocycles. The number of halogens is 1. The van der Waals surface area contributed by atoms with Gasteiger partial charge in [0, 0.05) is 12.3 Å². The van der Waals surface area contributed by atoms with E-state index in [4.69, 9.17) is 0 Å². The van der Waals surface area contributed by atoms with Crippen molar-refractivity contribution in [3.63, 3.8) is 0 Å². The van der Waals surface area contributed by atoms with Gasteiger partial charge < -0.3 is 0 Å². The van der Waals surface area contributed by atoms with E-state index in [0.29, 0.717) is 13.0 Å². The van der Waals surface area contributed by atoms with Gasteiger partial charge in [0.2, 0.25) is 10.0 Å². The summed E-state index contributed by atoms with van der Waals surface area (Å²) < 4.78 is 40.6. The molecule has 0 bridgehead atoms. The molecule has 1 aromatic carbocycles. The van der Waals surface area contributed by atoms with Crippen LogP contribution in [0.15, 0.2) is 36.5 Å². The first-order valence-electron chi connectivity index (χ1n) is 6.77.